The molecule has 3 aromatic rings. The van der Waals surface area contributed by atoms with E-state index in [0.29, 0.717) is 6.61 Å². The lowest BCUT2D eigenvalue weighted by atomic mass is 10.2. The molecular weight excluding hydrogens is 296 g/mol. The lowest BCUT2D eigenvalue weighted by Gasteiger charge is -2.06. The molecule has 0 aliphatic heterocycles. The monoisotopic (exact) mass is 314 g/mol. The fourth-order valence-electron chi connectivity index (χ4n) is 2.16. The molecule has 114 valence electrons. The summed E-state index contributed by atoms with van der Waals surface area (Å²) in [7, 11) is 1.65. The first-order valence-electron chi connectivity index (χ1n) is 7.10. The molecule has 4 nitrogen and oxygen atoms in total. The van der Waals surface area contributed by atoms with Gasteiger partial charge in [-0.15, -0.1) is 0 Å². The van der Waals surface area contributed by atoms with E-state index in [0.717, 1.165) is 33.4 Å². The van der Waals surface area contributed by atoms with E-state index < -0.39 is 0 Å². The van der Waals surface area contributed by atoms with Gasteiger partial charge in [0.25, 0.3) is 0 Å². The number of hydrogen-bond acceptors (Lipinski definition) is 4. The standard InChI is InChI=1S/C17H18N2O2S/c1-12-6-7-15-16(10-12)19-17(18-15)22-9-8-21-14-5-3-4-13(11-14)20-2/h3-7,10-11H,8-9H2,1-2H3,(H,18,19). The van der Waals surface area contributed by atoms with Gasteiger partial charge in [-0.2, -0.15) is 0 Å². The number of fused-ring (bicyclic) bond motifs is 1. The number of nitrogens with zero attached hydrogens (tertiary/aromatic N) is 1. The first-order valence-corrected chi connectivity index (χ1v) is 8.09. The van der Waals surface area contributed by atoms with E-state index in [2.05, 4.69) is 29.0 Å². The van der Waals surface area contributed by atoms with Gasteiger partial charge in [-0.05, 0) is 36.8 Å². The van der Waals surface area contributed by atoms with Gasteiger partial charge >= 0.3 is 0 Å². The zero-order chi connectivity index (χ0) is 15.4. The Morgan fingerprint density at radius 2 is 2.00 bits per heavy atom. The molecule has 1 heterocycles. The molecule has 0 bridgehead atoms. The number of thioether (sulfide) groups is 1. The summed E-state index contributed by atoms with van der Waals surface area (Å²) in [6.07, 6.45) is 0. The minimum atomic E-state index is 0.619. The quantitative estimate of drug-likeness (QED) is 0.551. The van der Waals surface area contributed by atoms with Gasteiger partial charge in [0.2, 0.25) is 0 Å². The lowest BCUT2D eigenvalue weighted by Crippen LogP contribution is -2.00. The molecule has 0 spiro atoms. The van der Waals surface area contributed by atoms with Crippen LogP contribution < -0.4 is 9.47 Å². The molecule has 0 radical (unpaired) electrons. The molecule has 22 heavy (non-hydrogen) atoms. The third-order valence-corrected chi connectivity index (χ3v) is 4.09. The molecule has 0 amide bonds. The molecule has 0 saturated heterocycles. The molecule has 0 aliphatic carbocycles. The summed E-state index contributed by atoms with van der Waals surface area (Å²) in [5, 5.41) is 0.926. The van der Waals surface area contributed by atoms with E-state index in [4.69, 9.17) is 9.47 Å². The van der Waals surface area contributed by atoms with E-state index in [-0.39, 0.29) is 0 Å². The van der Waals surface area contributed by atoms with Crippen molar-refractivity contribution in [2.75, 3.05) is 19.5 Å². The van der Waals surface area contributed by atoms with Crippen molar-refractivity contribution in [3.8, 4) is 11.5 Å². The van der Waals surface area contributed by atoms with Crippen molar-refractivity contribution >= 4 is 22.8 Å². The van der Waals surface area contributed by atoms with Crippen molar-refractivity contribution in [2.45, 2.75) is 12.1 Å². The first kappa shape index (κ1) is 14.8. The van der Waals surface area contributed by atoms with Gasteiger partial charge < -0.3 is 14.5 Å². The predicted octanol–water partition coefficient (Wildman–Crippen LogP) is 4.05. The summed E-state index contributed by atoms with van der Waals surface area (Å²) >= 11 is 1.66. The molecule has 3 rings (SSSR count). The molecule has 0 unspecified atom stereocenters. The molecule has 1 N–H and O–H groups in total. The Labute approximate surface area is 133 Å². The number of aromatic amines is 1. The van der Waals surface area contributed by atoms with Crippen LogP contribution in [0, 0.1) is 6.92 Å². The van der Waals surface area contributed by atoms with Crippen molar-refractivity contribution in [1.29, 1.82) is 0 Å². The minimum absolute atomic E-state index is 0.619. The summed E-state index contributed by atoms with van der Waals surface area (Å²) in [5.41, 5.74) is 3.31. The number of benzene rings is 2. The fourth-order valence-corrected chi connectivity index (χ4v) is 2.86. The smallest absolute Gasteiger partial charge is 0.166 e. The van der Waals surface area contributed by atoms with Crippen LogP contribution in [-0.4, -0.2) is 29.4 Å². The van der Waals surface area contributed by atoms with Crippen LogP contribution in [-0.2, 0) is 0 Å². The molecular formula is C17H18N2O2S. The highest BCUT2D eigenvalue weighted by atomic mass is 32.2. The molecule has 0 saturated carbocycles. The number of hydrogen-bond donors (Lipinski definition) is 1. The Bertz CT molecular complexity index is 770. The Morgan fingerprint density at radius 3 is 2.86 bits per heavy atom. The van der Waals surface area contributed by atoms with Crippen LogP contribution in [0.3, 0.4) is 0 Å². The molecule has 0 aliphatic rings. The van der Waals surface area contributed by atoms with E-state index in [1.54, 1.807) is 18.9 Å². The highest BCUT2D eigenvalue weighted by Crippen LogP contribution is 2.22. The van der Waals surface area contributed by atoms with Crippen molar-refractivity contribution < 1.29 is 9.47 Å². The average molecular weight is 314 g/mol. The van der Waals surface area contributed by atoms with Crippen LogP contribution in [0.1, 0.15) is 5.56 Å². The first-order chi connectivity index (χ1) is 10.7. The SMILES string of the molecule is COc1cccc(OCCSc2nc3ccc(C)cc3[nH]2)c1. The Balaban J connectivity index is 1.53. The molecule has 2 aromatic carbocycles. The maximum Gasteiger partial charge on any atom is 0.166 e. The lowest BCUT2D eigenvalue weighted by molar-refractivity contribution is 0.339. The van der Waals surface area contributed by atoms with Gasteiger partial charge in [-0.25, -0.2) is 4.98 Å². The third kappa shape index (κ3) is 3.54. The number of methoxy groups -OCH3 is 1. The summed E-state index contributed by atoms with van der Waals surface area (Å²) in [5.74, 6) is 2.45. The summed E-state index contributed by atoms with van der Waals surface area (Å²) in [4.78, 5) is 7.89. The second kappa shape index (κ2) is 6.75. The number of imidazole rings is 1. The maximum absolute atomic E-state index is 5.72. The molecule has 1 aromatic heterocycles. The Kier molecular flexibility index (Phi) is 4.53. The second-order valence-corrected chi connectivity index (χ2v) is 6.02. The number of aryl methyl sites for hydroxylation is 1. The number of rotatable bonds is 6. The van der Waals surface area contributed by atoms with Crippen LogP contribution in [0.5, 0.6) is 11.5 Å². The van der Waals surface area contributed by atoms with Gasteiger partial charge in [0.05, 0.1) is 24.8 Å². The van der Waals surface area contributed by atoms with Crippen LogP contribution in [0.15, 0.2) is 47.6 Å². The highest BCUT2D eigenvalue weighted by molar-refractivity contribution is 7.99. The van der Waals surface area contributed by atoms with Crippen molar-refractivity contribution in [3.05, 3.63) is 48.0 Å². The number of nitrogens with one attached hydrogen (secondary N) is 1. The number of ether oxygens (including phenoxy) is 2. The predicted molar refractivity (Wildman–Crippen MR) is 90.0 cm³/mol. The largest absolute Gasteiger partial charge is 0.497 e. The van der Waals surface area contributed by atoms with E-state index in [1.807, 2.05) is 30.3 Å². The van der Waals surface area contributed by atoms with Crippen LogP contribution in [0.4, 0.5) is 0 Å². The third-order valence-electron chi connectivity index (χ3n) is 3.25. The van der Waals surface area contributed by atoms with Gasteiger partial charge in [-0.1, -0.05) is 23.9 Å². The summed E-state index contributed by atoms with van der Waals surface area (Å²) in [6.45, 7) is 2.70. The van der Waals surface area contributed by atoms with Crippen molar-refractivity contribution in [2.24, 2.45) is 0 Å². The maximum atomic E-state index is 5.72. The van der Waals surface area contributed by atoms with Gasteiger partial charge in [0.15, 0.2) is 5.16 Å². The average Bonchev–Trinajstić information content (AvgIpc) is 2.93. The van der Waals surface area contributed by atoms with Crippen LogP contribution in [0.2, 0.25) is 0 Å². The Morgan fingerprint density at radius 1 is 1.14 bits per heavy atom. The zero-order valence-corrected chi connectivity index (χ0v) is 13.4. The summed E-state index contributed by atoms with van der Waals surface area (Å²) < 4.78 is 10.9. The number of H-pyrrole nitrogens is 1. The Hall–Kier alpha value is -2.14. The van der Waals surface area contributed by atoms with Gasteiger partial charge in [0.1, 0.15) is 11.5 Å². The van der Waals surface area contributed by atoms with E-state index in [1.165, 1.54) is 5.56 Å². The normalized spacial score (nSPS) is 10.8. The minimum Gasteiger partial charge on any atom is -0.497 e. The molecule has 0 atom stereocenters. The van der Waals surface area contributed by atoms with Crippen molar-refractivity contribution in [1.82, 2.24) is 9.97 Å². The number of aromatic nitrogens is 2. The van der Waals surface area contributed by atoms with E-state index >= 15 is 0 Å². The second-order valence-electron chi connectivity index (χ2n) is 4.94. The van der Waals surface area contributed by atoms with Crippen molar-refractivity contribution in [3.63, 3.8) is 0 Å². The summed E-state index contributed by atoms with van der Waals surface area (Å²) in [6, 6.07) is 13.9. The fraction of sp³-hybridized carbons (Fsp3) is 0.235. The van der Waals surface area contributed by atoms with Crippen LogP contribution >= 0.6 is 11.8 Å². The van der Waals surface area contributed by atoms with Gasteiger partial charge in [-0.3, -0.25) is 0 Å². The molecule has 5 heteroatoms. The topological polar surface area (TPSA) is 47.1 Å². The van der Waals surface area contributed by atoms with Crippen LogP contribution in [0.25, 0.3) is 11.0 Å². The van der Waals surface area contributed by atoms with E-state index in [9.17, 15) is 0 Å². The van der Waals surface area contributed by atoms with Gasteiger partial charge in [0, 0.05) is 11.8 Å². The zero-order valence-electron chi connectivity index (χ0n) is 12.6. The molecule has 0 fully saturated rings. The highest BCUT2D eigenvalue weighted by Gasteiger charge is 2.04.